The number of carbonyl (C=O) groups is 2. The highest BCUT2D eigenvalue weighted by Crippen LogP contribution is 2.36. The molecule has 6 nitrogen and oxygen atoms in total. The first kappa shape index (κ1) is 22.5. The zero-order valence-electron chi connectivity index (χ0n) is 16.9. The standard InChI is InChI=1S/C22H25BrN2O4S/c1-2-22(27)25-12-9-17-14-18(23)20(15-19(17)25)30(28,29)13-10-21(26)24-11-8-16-6-4-3-5-7-16/h3-7,14-15H,2,8-13H2,1H3,(H,24,26). The molecule has 0 fully saturated rings. The van der Waals surface area contributed by atoms with E-state index in [4.69, 9.17) is 0 Å². The molecule has 1 heterocycles. The number of halogens is 1. The minimum absolute atomic E-state index is 0.0304. The molecule has 2 aromatic rings. The quantitative estimate of drug-likeness (QED) is 0.612. The fraction of sp³-hybridized carbons (Fsp3) is 0.364. The second-order valence-corrected chi connectivity index (χ2v) is 10.1. The zero-order valence-corrected chi connectivity index (χ0v) is 19.3. The molecule has 0 bridgehead atoms. The van der Waals surface area contributed by atoms with Crippen molar-refractivity contribution in [3.05, 3.63) is 58.1 Å². The molecule has 0 unspecified atom stereocenters. The van der Waals surface area contributed by atoms with Crippen LogP contribution in [0, 0.1) is 0 Å². The van der Waals surface area contributed by atoms with E-state index in [0.29, 0.717) is 42.5 Å². The molecule has 0 radical (unpaired) electrons. The molecular formula is C22H25BrN2O4S. The van der Waals surface area contributed by atoms with Gasteiger partial charge >= 0.3 is 0 Å². The number of fused-ring (bicyclic) bond motifs is 1. The van der Waals surface area contributed by atoms with Gasteiger partial charge in [0.1, 0.15) is 0 Å². The van der Waals surface area contributed by atoms with Crippen molar-refractivity contribution >= 4 is 43.3 Å². The summed E-state index contributed by atoms with van der Waals surface area (Å²) in [5.74, 6) is -0.615. The Hall–Kier alpha value is -2.19. The van der Waals surface area contributed by atoms with Gasteiger partial charge in [-0.25, -0.2) is 8.42 Å². The first-order valence-electron chi connectivity index (χ1n) is 9.98. The van der Waals surface area contributed by atoms with Crippen molar-refractivity contribution in [2.45, 2.75) is 37.5 Å². The van der Waals surface area contributed by atoms with Crippen LogP contribution in [0.25, 0.3) is 0 Å². The molecule has 1 aliphatic rings. The van der Waals surface area contributed by atoms with E-state index < -0.39 is 9.84 Å². The van der Waals surface area contributed by atoms with Crippen molar-refractivity contribution in [2.75, 3.05) is 23.7 Å². The molecule has 8 heteroatoms. The Morgan fingerprint density at radius 3 is 2.60 bits per heavy atom. The predicted octanol–water partition coefficient (Wildman–Crippen LogP) is 3.27. The van der Waals surface area contributed by atoms with Crippen LogP contribution in [-0.4, -0.2) is 39.1 Å². The van der Waals surface area contributed by atoms with Gasteiger partial charge in [-0.3, -0.25) is 9.59 Å². The number of nitrogens with one attached hydrogen (secondary N) is 1. The van der Waals surface area contributed by atoms with Crippen LogP contribution < -0.4 is 10.2 Å². The molecular weight excluding hydrogens is 468 g/mol. The predicted molar refractivity (Wildman–Crippen MR) is 120 cm³/mol. The summed E-state index contributed by atoms with van der Waals surface area (Å²) in [5, 5.41) is 2.77. The lowest BCUT2D eigenvalue weighted by molar-refractivity contribution is -0.120. The number of sulfone groups is 1. The second-order valence-electron chi connectivity index (χ2n) is 7.21. The highest BCUT2D eigenvalue weighted by Gasteiger charge is 2.28. The molecule has 0 atom stereocenters. The third-order valence-electron chi connectivity index (χ3n) is 5.14. The van der Waals surface area contributed by atoms with Gasteiger partial charge in [0.05, 0.1) is 10.6 Å². The van der Waals surface area contributed by atoms with Gasteiger partial charge in [0.25, 0.3) is 0 Å². The molecule has 0 aliphatic carbocycles. The number of amides is 2. The number of hydrogen-bond acceptors (Lipinski definition) is 4. The van der Waals surface area contributed by atoms with E-state index in [1.807, 2.05) is 30.3 Å². The molecule has 30 heavy (non-hydrogen) atoms. The van der Waals surface area contributed by atoms with Crippen LogP contribution in [0.2, 0.25) is 0 Å². The summed E-state index contributed by atoms with van der Waals surface area (Å²) in [6, 6.07) is 13.1. The summed E-state index contributed by atoms with van der Waals surface area (Å²) < 4.78 is 26.2. The molecule has 1 aliphatic heterocycles. The Kier molecular flexibility index (Phi) is 7.31. The van der Waals surface area contributed by atoms with E-state index in [1.165, 1.54) is 0 Å². The lowest BCUT2D eigenvalue weighted by Crippen LogP contribution is -2.28. The number of rotatable bonds is 8. The van der Waals surface area contributed by atoms with Crippen LogP contribution in [0.1, 0.15) is 30.9 Å². The Morgan fingerprint density at radius 2 is 1.90 bits per heavy atom. The third-order valence-corrected chi connectivity index (χ3v) is 7.81. The van der Waals surface area contributed by atoms with Gasteiger partial charge in [-0.15, -0.1) is 0 Å². The van der Waals surface area contributed by atoms with Gasteiger partial charge < -0.3 is 10.2 Å². The molecule has 2 amide bonds. The van der Waals surface area contributed by atoms with Crippen LogP contribution in [0.15, 0.2) is 51.8 Å². The van der Waals surface area contributed by atoms with E-state index >= 15 is 0 Å². The summed E-state index contributed by atoms with van der Waals surface area (Å²) in [4.78, 5) is 26.0. The maximum absolute atomic E-state index is 12.9. The third kappa shape index (κ3) is 5.29. The largest absolute Gasteiger partial charge is 0.356 e. The van der Waals surface area contributed by atoms with Crippen LogP contribution in [0.4, 0.5) is 5.69 Å². The molecule has 0 saturated carbocycles. The van der Waals surface area contributed by atoms with Crippen LogP contribution in [0.5, 0.6) is 0 Å². The molecule has 3 rings (SSSR count). The van der Waals surface area contributed by atoms with Gasteiger partial charge in [0, 0.05) is 36.1 Å². The number of benzene rings is 2. The van der Waals surface area contributed by atoms with E-state index in [1.54, 1.807) is 24.0 Å². The average molecular weight is 493 g/mol. The fourth-order valence-corrected chi connectivity index (χ4v) is 5.94. The van der Waals surface area contributed by atoms with Crippen molar-refractivity contribution < 1.29 is 18.0 Å². The molecule has 0 saturated heterocycles. The summed E-state index contributed by atoms with van der Waals surface area (Å²) in [7, 11) is -3.69. The highest BCUT2D eigenvalue weighted by molar-refractivity contribution is 9.10. The van der Waals surface area contributed by atoms with Crippen molar-refractivity contribution in [1.29, 1.82) is 0 Å². The number of hydrogen-bond donors (Lipinski definition) is 1. The van der Waals surface area contributed by atoms with Crippen molar-refractivity contribution in [1.82, 2.24) is 5.32 Å². The van der Waals surface area contributed by atoms with Crippen molar-refractivity contribution in [3.63, 3.8) is 0 Å². The van der Waals surface area contributed by atoms with Gasteiger partial charge in [0.2, 0.25) is 11.8 Å². The Balaban J connectivity index is 1.63. The summed E-state index contributed by atoms with van der Waals surface area (Å²) in [6.45, 7) is 2.80. The van der Waals surface area contributed by atoms with E-state index in [2.05, 4.69) is 21.2 Å². The number of nitrogens with zero attached hydrogens (tertiary/aromatic N) is 1. The average Bonchev–Trinajstić information content (AvgIpc) is 3.14. The van der Waals surface area contributed by atoms with Gasteiger partial charge in [-0.1, -0.05) is 37.3 Å². The highest BCUT2D eigenvalue weighted by atomic mass is 79.9. The Labute approximate surface area is 185 Å². The molecule has 160 valence electrons. The monoisotopic (exact) mass is 492 g/mol. The van der Waals surface area contributed by atoms with Gasteiger partial charge in [-0.05, 0) is 52.0 Å². The Morgan fingerprint density at radius 1 is 1.17 bits per heavy atom. The maximum atomic E-state index is 12.9. The lowest BCUT2D eigenvalue weighted by Gasteiger charge is -2.18. The van der Waals surface area contributed by atoms with Crippen molar-refractivity contribution in [2.24, 2.45) is 0 Å². The first-order chi connectivity index (χ1) is 14.3. The van der Waals surface area contributed by atoms with Crippen LogP contribution >= 0.6 is 15.9 Å². The normalized spacial score (nSPS) is 13.2. The van der Waals surface area contributed by atoms with Crippen molar-refractivity contribution in [3.8, 4) is 0 Å². The van der Waals surface area contributed by atoms with E-state index in [-0.39, 0.29) is 28.9 Å². The summed E-state index contributed by atoms with van der Waals surface area (Å²) in [6.07, 6.45) is 1.64. The molecule has 2 aromatic carbocycles. The zero-order chi connectivity index (χ0) is 21.7. The summed E-state index contributed by atoms with van der Waals surface area (Å²) in [5.41, 5.74) is 2.70. The molecule has 0 spiro atoms. The first-order valence-corrected chi connectivity index (χ1v) is 12.4. The summed E-state index contributed by atoms with van der Waals surface area (Å²) >= 11 is 3.35. The lowest BCUT2D eigenvalue weighted by atomic mass is 10.1. The minimum atomic E-state index is -3.69. The topological polar surface area (TPSA) is 83.6 Å². The molecule has 0 aromatic heterocycles. The Bertz CT molecular complexity index is 1040. The minimum Gasteiger partial charge on any atom is -0.356 e. The van der Waals surface area contributed by atoms with Crippen LogP contribution in [-0.2, 0) is 32.3 Å². The number of anilines is 1. The smallest absolute Gasteiger partial charge is 0.226 e. The second kappa shape index (κ2) is 9.75. The molecule has 1 N–H and O–H groups in total. The number of carbonyl (C=O) groups excluding carboxylic acids is 2. The fourth-order valence-electron chi connectivity index (χ4n) is 3.49. The van der Waals surface area contributed by atoms with Gasteiger partial charge in [0.15, 0.2) is 9.84 Å². The van der Waals surface area contributed by atoms with Crippen LogP contribution in [0.3, 0.4) is 0 Å². The maximum Gasteiger partial charge on any atom is 0.226 e. The van der Waals surface area contributed by atoms with E-state index in [0.717, 1.165) is 11.1 Å². The SMILES string of the molecule is CCC(=O)N1CCc2cc(Br)c(S(=O)(=O)CCC(=O)NCCc3ccccc3)cc21. The van der Waals surface area contributed by atoms with Gasteiger partial charge in [-0.2, -0.15) is 0 Å². The van der Waals surface area contributed by atoms with E-state index in [9.17, 15) is 18.0 Å².